The number of benzene rings is 1. The zero-order valence-corrected chi connectivity index (χ0v) is 8.04. The highest BCUT2D eigenvalue weighted by Gasteiger charge is 2.02. The Kier molecular flexibility index (Phi) is 3.38. The molecule has 0 atom stereocenters. The molecular weight excluding hydrogens is 164 g/mol. The normalized spacial score (nSPS) is 9.38. The largest absolute Gasteiger partial charge is 0.493 e. The molecule has 0 saturated heterocycles. The lowest BCUT2D eigenvalue weighted by atomic mass is 10.2. The monoisotopic (exact) mass is 178 g/mol. The van der Waals surface area contributed by atoms with Crippen molar-refractivity contribution in [1.29, 1.82) is 0 Å². The molecule has 0 spiro atoms. The van der Waals surface area contributed by atoms with Crippen LogP contribution in [0.25, 0.3) is 0 Å². The van der Waals surface area contributed by atoms with E-state index in [0.29, 0.717) is 6.61 Å². The van der Waals surface area contributed by atoms with Crippen molar-refractivity contribution in [3.8, 4) is 11.5 Å². The van der Waals surface area contributed by atoms with E-state index in [1.807, 2.05) is 25.1 Å². The van der Waals surface area contributed by atoms with Crippen LogP contribution in [0, 0.1) is 6.92 Å². The van der Waals surface area contributed by atoms with Crippen LogP contribution in [0.5, 0.6) is 11.5 Å². The predicted octanol–water partition coefficient (Wildman–Crippen LogP) is 2.57. The minimum Gasteiger partial charge on any atom is -0.493 e. The first-order valence-corrected chi connectivity index (χ1v) is 4.16. The molecule has 0 aliphatic rings. The third-order valence-electron chi connectivity index (χ3n) is 1.68. The van der Waals surface area contributed by atoms with Crippen molar-refractivity contribution in [2.75, 3.05) is 13.7 Å². The topological polar surface area (TPSA) is 18.5 Å². The van der Waals surface area contributed by atoms with Gasteiger partial charge in [0.15, 0.2) is 11.5 Å². The molecule has 0 amide bonds. The molecule has 2 heteroatoms. The summed E-state index contributed by atoms with van der Waals surface area (Å²) in [4.78, 5) is 0. The lowest BCUT2D eigenvalue weighted by molar-refractivity contribution is 0.326. The molecule has 0 heterocycles. The quantitative estimate of drug-likeness (QED) is 0.660. The zero-order chi connectivity index (χ0) is 9.68. The Morgan fingerprint density at radius 1 is 1.38 bits per heavy atom. The van der Waals surface area contributed by atoms with Crippen molar-refractivity contribution in [3.63, 3.8) is 0 Å². The van der Waals surface area contributed by atoms with E-state index in [0.717, 1.165) is 17.1 Å². The fourth-order valence-electron chi connectivity index (χ4n) is 1.05. The van der Waals surface area contributed by atoms with Crippen molar-refractivity contribution in [3.05, 3.63) is 36.4 Å². The third kappa shape index (κ3) is 2.51. The number of hydrogen-bond donors (Lipinski definition) is 0. The van der Waals surface area contributed by atoms with Crippen molar-refractivity contribution in [2.24, 2.45) is 0 Å². The lowest BCUT2D eigenvalue weighted by Crippen LogP contribution is -1.96. The summed E-state index contributed by atoms with van der Waals surface area (Å²) in [5, 5.41) is 0. The first-order chi connectivity index (χ1) is 6.27. The Morgan fingerprint density at radius 2 is 2.15 bits per heavy atom. The van der Waals surface area contributed by atoms with Gasteiger partial charge < -0.3 is 9.47 Å². The van der Waals surface area contributed by atoms with Crippen LogP contribution in [0.4, 0.5) is 0 Å². The Hall–Kier alpha value is -1.44. The van der Waals surface area contributed by atoms with E-state index in [-0.39, 0.29) is 0 Å². The molecule has 1 aromatic rings. The number of rotatable bonds is 4. The molecule has 0 unspecified atom stereocenters. The van der Waals surface area contributed by atoms with Gasteiger partial charge in [-0.05, 0) is 24.6 Å². The van der Waals surface area contributed by atoms with Gasteiger partial charge >= 0.3 is 0 Å². The summed E-state index contributed by atoms with van der Waals surface area (Å²) in [6.45, 7) is 6.10. The van der Waals surface area contributed by atoms with Gasteiger partial charge in [0.1, 0.15) is 6.61 Å². The molecule has 0 aliphatic carbocycles. The summed E-state index contributed by atoms with van der Waals surface area (Å²) in [5.74, 6) is 1.52. The molecule has 70 valence electrons. The first-order valence-electron chi connectivity index (χ1n) is 4.16. The highest BCUT2D eigenvalue weighted by atomic mass is 16.5. The zero-order valence-electron chi connectivity index (χ0n) is 8.04. The van der Waals surface area contributed by atoms with E-state index >= 15 is 0 Å². The van der Waals surface area contributed by atoms with E-state index in [1.165, 1.54) is 0 Å². The molecule has 0 bridgehead atoms. The molecule has 2 nitrogen and oxygen atoms in total. The summed E-state index contributed by atoms with van der Waals surface area (Å²) in [6.07, 6.45) is 1.71. The minimum absolute atomic E-state index is 0.500. The predicted molar refractivity (Wildman–Crippen MR) is 53.4 cm³/mol. The van der Waals surface area contributed by atoms with Crippen LogP contribution in [-0.2, 0) is 0 Å². The summed E-state index contributed by atoms with van der Waals surface area (Å²) >= 11 is 0. The molecular formula is C11H14O2. The standard InChI is InChI=1S/C11H14O2/c1-4-7-13-11-8-9(2)5-6-10(11)12-3/h4-6,8H,1,7H2,2-3H3. The molecule has 0 aromatic heterocycles. The molecule has 0 fully saturated rings. The van der Waals surface area contributed by atoms with Crippen molar-refractivity contribution >= 4 is 0 Å². The van der Waals surface area contributed by atoms with Gasteiger partial charge in [-0.2, -0.15) is 0 Å². The van der Waals surface area contributed by atoms with E-state index in [9.17, 15) is 0 Å². The van der Waals surface area contributed by atoms with Gasteiger partial charge in [-0.3, -0.25) is 0 Å². The number of ether oxygens (including phenoxy) is 2. The van der Waals surface area contributed by atoms with Crippen LogP contribution in [0.15, 0.2) is 30.9 Å². The maximum Gasteiger partial charge on any atom is 0.161 e. The number of aryl methyl sites for hydroxylation is 1. The Balaban J connectivity index is 2.87. The van der Waals surface area contributed by atoms with Gasteiger partial charge in [-0.25, -0.2) is 0 Å². The number of hydrogen-bond acceptors (Lipinski definition) is 2. The van der Waals surface area contributed by atoms with Gasteiger partial charge in [-0.1, -0.05) is 18.7 Å². The van der Waals surface area contributed by atoms with Crippen LogP contribution in [0.1, 0.15) is 5.56 Å². The van der Waals surface area contributed by atoms with Crippen LogP contribution in [0.2, 0.25) is 0 Å². The first kappa shape index (κ1) is 9.65. The smallest absolute Gasteiger partial charge is 0.161 e. The second kappa shape index (κ2) is 4.55. The van der Waals surface area contributed by atoms with E-state index in [4.69, 9.17) is 9.47 Å². The molecule has 1 rings (SSSR count). The molecule has 0 saturated carbocycles. The Bertz CT molecular complexity index is 292. The number of methoxy groups -OCH3 is 1. The average Bonchev–Trinajstić information content (AvgIpc) is 2.15. The summed E-state index contributed by atoms with van der Waals surface area (Å²) in [6, 6.07) is 5.83. The second-order valence-corrected chi connectivity index (χ2v) is 2.75. The van der Waals surface area contributed by atoms with Crippen molar-refractivity contribution < 1.29 is 9.47 Å². The van der Waals surface area contributed by atoms with Crippen LogP contribution < -0.4 is 9.47 Å². The van der Waals surface area contributed by atoms with Crippen molar-refractivity contribution in [2.45, 2.75) is 6.92 Å². The Labute approximate surface area is 78.8 Å². The van der Waals surface area contributed by atoms with Crippen LogP contribution >= 0.6 is 0 Å². The summed E-state index contributed by atoms with van der Waals surface area (Å²) in [5.41, 5.74) is 1.15. The Morgan fingerprint density at radius 3 is 2.77 bits per heavy atom. The maximum atomic E-state index is 5.41. The fourth-order valence-corrected chi connectivity index (χ4v) is 1.05. The molecule has 0 aliphatic heterocycles. The average molecular weight is 178 g/mol. The van der Waals surface area contributed by atoms with E-state index < -0.39 is 0 Å². The van der Waals surface area contributed by atoms with Gasteiger partial charge in [0.25, 0.3) is 0 Å². The highest BCUT2D eigenvalue weighted by molar-refractivity contribution is 5.42. The van der Waals surface area contributed by atoms with E-state index in [2.05, 4.69) is 6.58 Å². The molecule has 0 N–H and O–H groups in total. The van der Waals surface area contributed by atoms with Crippen molar-refractivity contribution in [1.82, 2.24) is 0 Å². The van der Waals surface area contributed by atoms with Crippen LogP contribution in [0.3, 0.4) is 0 Å². The maximum absolute atomic E-state index is 5.41. The van der Waals surface area contributed by atoms with E-state index in [1.54, 1.807) is 13.2 Å². The SMILES string of the molecule is C=CCOc1cc(C)ccc1OC. The second-order valence-electron chi connectivity index (χ2n) is 2.75. The van der Waals surface area contributed by atoms with Gasteiger partial charge in [0.2, 0.25) is 0 Å². The summed E-state index contributed by atoms with van der Waals surface area (Å²) in [7, 11) is 1.63. The summed E-state index contributed by atoms with van der Waals surface area (Å²) < 4.78 is 10.6. The van der Waals surface area contributed by atoms with Gasteiger partial charge in [-0.15, -0.1) is 0 Å². The van der Waals surface area contributed by atoms with Crippen LogP contribution in [-0.4, -0.2) is 13.7 Å². The van der Waals surface area contributed by atoms with Gasteiger partial charge in [0, 0.05) is 0 Å². The fraction of sp³-hybridized carbons (Fsp3) is 0.273. The molecule has 13 heavy (non-hydrogen) atoms. The molecule has 1 aromatic carbocycles. The minimum atomic E-state index is 0.500. The highest BCUT2D eigenvalue weighted by Crippen LogP contribution is 2.27. The van der Waals surface area contributed by atoms with Gasteiger partial charge in [0.05, 0.1) is 7.11 Å². The lowest BCUT2D eigenvalue weighted by Gasteiger charge is -2.09. The molecule has 0 radical (unpaired) electrons. The third-order valence-corrected chi connectivity index (χ3v) is 1.68.